The lowest BCUT2D eigenvalue weighted by Crippen LogP contribution is -1.91. The van der Waals surface area contributed by atoms with Crippen LogP contribution in [0.5, 0.6) is 0 Å². The minimum absolute atomic E-state index is 0.902. The van der Waals surface area contributed by atoms with Crippen LogP contribution in [0.25, 0.3) is 82.4 Å². The summed E-state index contributed by atoms with van der Waals surface area (Å²) in [7, 11) is 0. The fourth-order valence-corrected chi connectivity index (χ4v) is 6.11. The second-order valence-corrected chi connectivity index (χ2v) is 10.3. The smallest absolute Gasteiger partial charge is 0.144 e. The molecule has 4 nitrogen and oxygen atoms in total. The number of fused-ring (bicyclic) bond motifs is 10. The van der Waals surface area contributed by atoms with Crippen molar-refractivity contribution in [3.8, 4) is 22.4 Å². The van der Waals surface area contributed by atoms with E-state index in [2.05, 4.69) is 103 Å². The molecule has 9 rings (SSSR count). The molecule has 9 aromatic rings. The van der Waals surface area contributed by atoms with Gasteiger partial charge < -0.3 is 4.42 Å². The van der Waals surface area contributed by atoms with E-state index in [0.717, 1.165) is 82.4 Å². The van der Waals surface area contributed by atoms with Gasteiger partial charge in [-0.1, -0.05) is 91.0 Å². The number of hydrogen-bond donors (Lipinski definition) is 0. The summed E-state index contributed by atoms with van der Waals surface area (Å²) in [6.45, 7) is 0. The molecule has 0 atom stereocenters. The van der Waals surface area contributed by atoms with E-state index in [-0.39, 0.29) is 0 Å². The molecule has 40 heavy (non-hydrogen) atoms. The van der Waals surface area contributed by atoms with Crippen molar-refractivity contribution >= 4 is 60.0 Å². The Balaban J connectivity index is 1.23. The maximum atomic E-state index is 6.46. The number of pyridine rings is 2. The molecule has 0 saturated heterocycles. The Labute approximate surface area is 228 Å². The van der Waals surface area contributed by atoms with E-state index in [1.54, 1.807) is 0 Å². The highest BCUT2D eigenvalue weighted by Gasteiger charge is 2.17. The second-order valence-electron chi connectivity index (χ2n) is 10.3. The van der Waals surface area contributed by atoms with Crippen molar-refractivity contribution in [2.24, 2.45) is 0 Å². The van der Waals surface area contributed by atoms with Crippen LogP contribution in [0.2, 0.25) is 0 Å². The van der Waals surface area contributed by atoms with Gasteiger partial charge in [-0.15, -0.1) is 0 Å². The minimum Gasteiger partial charge on any atom is -0.455 e. The zero-order valence-electron chi connectivity index (χ0n) is 21.4. The average molecular weight is 512 g/mol. The molecule has 4 heterocycles. The lowest BCUT2D eigenvalue weighted by molar-refractivity contribution is 0.673. The van der Waals surface area contributed by atoms with Crippen LogP contribution in [0.4, 0.5) is 0 Å². The van der Waals surface area contributed by atoms with E-state index in [9.17, 15) is 0 Å². The lowest BCUT2D eigenvalue weighted by Gasteiger charge is -2.11. The monoisotopic (exact) mass is 511 g/mol. The molecule has 0 aliphatic carbocycles. The van der Waals surface area contributed by atoms with Gasteiger partial charge in [0.15, 0.2) is 0 Å². The molecular formula is C36H21N3O. The van der Waals surface area contributed by atoms with Crippen molar-refractivity contribution in [1.82, 2.24) is 14.6 Å². The topological polar surface area (TPSA) is 43.3 Å². The van der Waals surface area contributed by atoms with Crippen molar-refractivity contribution < 1.29 is 4.42 Å². The van der Waals surface area contributed by atoms with E-state index in [0.29, 0.717) is 0 Å². The summed E-state index contributed by atoms with van der Waals surface area (Å²) >= 11 is 0. The van der Waals surface area contributed by atoms with Crippen molar-refractivity contribution in [2.75, 3.05) is 0 Å². The van der Waals surface area contributed by atoms with E-state index >= 15 is 0 Å². The third kappa shape index (κ3) is 3.01. The van der Waals surface area contributed by atoms with Crippen molar-refractivity contribution in [3.05, 3.63) is 128 Å². The van der Waals surface area contributed by atoms with Crippen LogP contribution < -0.4 is 0 Å². The molecule has 5 aromatic carbocycles. The number of aromatic nitrogens is 3. The number of nitrogens with zero attached hydrogens (tertiary/aromatic N) is 3. The summed E-state index contributed by atoms with van der Waals surface area (Å²) in [6.07, 6.45) is 2.10. The van der Waals surface area contributed by atoms with E-state index in [1.165, 1.54) is 0 Å². The van der Waals surface area contributed by atoms with Gasteiger partial charge in [0, 0.05) is 49.6 Å². The van der Waals surface area contributed by atoms with Gasteiger partial charge in [-0.3, -0.25) is 0 Å². The highest BCUT2D eigenvalue weighted by atomic mass is 16.3. The van der Waals surface area contributed by atoms with Gasteiger partial charge >= 0.3 is 0 Å². The summed E-state index contributed by atoms with van der Waals surface area (Å²) < 4.78 is 8.44. The van der Waals surface area contributed by atoms with Gasteiger partial charge in [0.1, 0.15) is 11.2 Å². The summed E-state index contributed by atoms with van der Waals surface area (Å²) in [4.78, 5) is 5.15. The van der Waals surface area contributed by atoms with Crippen LogP contribution in [-0.2, 0) is 0 Å². The molecule has 0 bridgehead atoms. The fraction of sp³-hybridized carbons (Fsp3) is 0. The summed E-state index contributed by atoms with van der Waals surface area (Å²) in [5.41, 5.74) is 9.16. The molecule has 0 saturated carbocycles. The lowest BCUT2D eigenvalue weighted by atomic mass is 9.97. The Morgan fingerprint density at radius 1 is 0.500 bits per heavy atom. The van der Waals surface area contributed by atoms with E-state index in [1.807, 2.05) is 28.8 Å². The summed E-state index contributed by atoms with van der Waals surface area (Å²) in [6, 6.07) is 42.2. The number of rotatable bonds is 2. The Morgan fingerprint density at radius 2 is 1.18 bits per heavy atom. The van der Waals surface area contributed by atoms with Gasteiger partial charge in [0.2, 0.25) is 0 Å². The molecule has 0 N–H and O–H groups in total. The molecular weight excluding hydrogens is 490 g/mol. The molecule has 0 aliphatic rings. The molecule has 0 amide bonds. The molecule has 0 spiro atoms. The van der Waals surface area contributed by atoms with Crippen molar-refractivity contribution in [1.29, 1.82) is 0 Å². The quantitative estimate of drug-likeness (QED) is 0.217. The maximum Gasteiger partial charge on any atom is 0.144 e. The van der Waals surface area contributed by atoms with Gasteiger partial charge in [0.25, 0.3) is 0 Å². The zero-order valence-corrected chi connectivity index (χ0v) is 21.4. The normalized spacial score (nSPS) is 12.0. The number of hydrogen-bond acceptors (Lipinski definition) is 3. The first-order chi connectivity index (χ1) is 19.8. The highest BCUT2D eigenvalue weighted by Crippen LogP contribution is 2.40. The van der Waals surface area contributed by atoms with Crippen molar-refractivity contribution in [2.45, 2.75) is 0 Å². The molecule has 0 aliphatic heterocycles. The van der Waals surface area contributed by atoms with Gasteiger partial charge in [-0.05, 0) is 35.9 Å². The van der Waals surface area contributed by atoms with Crippen LogP contribution in [0.3, 0.4) is 0 Å². The fourth-order valence-electron chi connectivity index (χ4n) is 6.11. The highest BCUT2D eigenvalue weighted by molar-refractivity contribution is 6.24. The molecule has 0 unspecified atom stereocenters. The Morgan fingerprint density at radius 3 is 2.05 bits per heavy atom. The Bertz CT molecular complexity index is 2430. The van der Waals surface area contributed by atoms with Crippen LogP contribution in [0, 0.1) is 0 Å². The standard InChI is InChI=1S/C36H21N3O/c1-5-11-31-27(8-1)32-20-17-24(21-39(32)38-31)22-13-15-23(16-14-22)35-29-19-18-26-25-7-3-6-12-33(25)40-36(26)34(29)28-9-2-4-10-30(28)37-35/h1-21H. The Kier molecular flexibility index (Phi) is 4.30. The summed E-state index contributed by atoms with van der Waals surface area (Å²) in [5, 5.41) is 11.5. The average Bonchev–Trinajstić information content (AvgIpc) is 3.58. The zero-order chi connectivity index (χ0) is 26.2. The van der Waals surface area contributed by atoms with Crippen LogP contribution in [0.1, 0.15) is 0 Å². The van der Waals surface area contributed by atoms with Crippen LogP contribution in [0.15, 0.2) is 132 Å². The molecule has 4 heteroatoms. The second kappa shape index (κ2) is 8.01. The van der Waals surface area contributed by atoms with Gasteiger partial charge in [0.05, 0.1) is 22.2 Å². The van der Waals surface area contributed by atoms with Gasteiger partial charge in [-0.2, -0.15) is 5.10 Å². The third-order valence-corrected chi connectivity index (χ3v) is 8.02. The van der Waals surface area contributed by atoms with Crippen LogP contribution in [-0.4, -0.2) is 14.6 Å². The third-order valence-electron chi connectivity index (χ3n) is 8.02. The first-order valence-electron chi connectivity index (χ1n) is 13.4. The minimum atomic E-state index is 0.902. The molecule has 186 valence electrons. The first-order valence-corrected chi connectivity index (χ1v) is 13.4. The number of furan rings is 1. The largest absolute Gasteiger partial charge is 0.455 e. The first kappa shape index (κ1) is 21.5. The predicted molar refractivity (Wildman–Crippen MR) is 164 cm³/mol. The predicted octanol–water partition coefficient (Wildman–Crippen LogP) is 9.42. The van der Waals surface area contributed by atoms with E-state index < -0.39 is 0 Å². The van der Waals surface area contributed by atoms with Crippen LogP contribution >= 0.6 is 0 Å². The SMILES string of the molecule is c1ccc2c(c1)nc(-c1ccc(-c3ccc4c5ccccc5nn4c3)cc1)c1ccc3c4ccccc4oc3c12. The Hall–Kier alpha value is -5.48. The molecule has 0 fully saturated rings. The maximum absolute atomic E-state index is 6.46. The summed E-state index contributed by atoms with van der Waals surface area (Å²) in [5.74, 6) is 0. The number of para-hydroxylation sites is 2. The van der Waals surface area contributed by atoms with E-state index in [4.69, 9.17) is 14.5 Å². The molecule has 4 aromatic heterocycles. The number of benzene rings is 5. The van der Waals surface area contributed by atoms with Crippen molar-refractivity contribution in [3.63, 3.8) is 0 Å². The van der Waals surface area contributed by atoms with Gasteiger partial charge in [-0.25, -0.2) is 9.50 Å². The molecule has 0 radical (unpaired) electrons.